The molecule has 2 aromatic carbocycles. The fraction of sp³-hybridized carbons (Fsp3) is 0.350. The molecule has 1 atom stereocenters. The van der Waals surface area contributed by atoms with Gasteiger partial charge < -0.3 is 10.6 Å². The number of carbonyl (C=O) groups excluding carboxylic acids is 1. The van der Waals surface area contributed by atoms with Crippen molar-refractivity contribution in [2.24, 2.45) is 5.92 Å². The molecule has 0 saturated heterocycles. The molecular formula is C20H28N3O3S+. The van der Waals surface area contributed by atoms with Crippen LogP contribution in [-0.4, -0.2) is 39.3 Å². The van der Waals surface area contributed by atoms with Crippen molar-refractivity contribution in [2.45, 2.75) is 24.8 Å². The minimum atomic E-state index is -3.47. The molecule has 0 spiro atoms. The van der Waals surface area contributed by atoms with E-state index >= 15 is 0 Å². The van der Waals surface area contributed by atoms with E-state index in [9.17, 15) is 13.2 Å². The molecule has 0 heterocycles. The van der Waals surface area contributed by atoms with Crippen LogP contribution in [0.1, 0.15) is 25.5 Å². The summed E-state index contributed by atoms with van der Waals surface area (Å²) in [5.41, 5.74) is 1.77. The van der Waals surface area contributed by atoms with Crippen LogP contribution in [0.25, 0.3) is 0 Å². The van der Waals surface area contributed by atoms with Crippen LogP contribution in [0, 0.1) is 5.92 Å². The molecule has 0 fully saturated rings. The van der Waals surface area contributed by atoms with Crippen LogP contribution in [0.2, 0.25) is 0 Å². The van der Waals surface area contributed by atoms with Gasteiger partial charge in [0.05, 0.1) is 4.90 Å². The van der Waals surface area contributed by atoms with Crippen LogP contribution in [0.4, 0.5) is 5.69 Å². The predicted molar refractivity (Wildman–Crippen MR) is 107 cm³/mol. The van der Waals surface area contributed by atoms with E-state index in [1.807, 2.05) is 23.5 Å². The van der Waals surface area contributed by atoms with Crippen LogP contribution in [-0.2, 0) is 14.8 Å². The van der Waals surface area contributed by atoms with Crippen molar-refractivity contribution in [2.75, 3.05) is 26.0 Å². The normalized spacial score (nSPS) is 13.0. The number of nitrogens with zero attached hydrogens (tertiary/aromatic N) is 1. The first-order chi connectivity index (χ1) is 12.7. The largest absolute Gasteiger partial charge is 0.332 e. The Bertz CT molecular complexity index is 848. The zero-order valence-electron chi connectivity index (χ0n) is 16.2. The number of rotatable bonds is 8. The van der Waals surface area contributed by atoms with E-state index in [0.717, 1.165) is 4.31 Å². The summed E-state index contributed by atoms with van der Waals surface area (Å²) in [7, 11) is -0.500. The topological polar surface area (TPSA) is 83.1 Å². The van der Waals surface area contributed by atoms with E-state index in [2.05, 4.69) is 31.3 Å². The van der Waals surface area contributed by atoms with Crippen molar-refractivity contribution in [3.8, 4) is 0 Å². The molecule has 0 bridgehead atoms. The van der Waals surface area contributed by atoms with Gasteiger partial charge in [-0.05, 0) is 24.3 Å². The van der Waals surface area contributed by atoms with Crippen molar-refractivity contribution in [3.05, 3.63) is 60.2 Å². The Morgan fingerprint density at radius 1 is 1.04 bits per heavy atom. The van der Waals surface area contributed by atoms with Crippen LogP contribution in [0.15, 0.2) is 59.5 Å². The molecule has 0 radical (unpaired) electrons. The van der Waals surface area contributed by atoms with Gasteiger partial charge in [0.2, 0.25) is 10.0 Å². The van der Waals surface area contributed by atoms with Crippen LogP contribution < -0.4 is 10.6 Å². The van der Waals surface area contributed by atoms with Gasteiger partial charge in [-0.2, -0.15) is 0 Å². The molecule has 0 aliphatic carbocycles. The lowest BCUT2D eigenvalue weighted by Crippen LogP contribution is -2.88. The SMILES string of the molecule is CC(C)[C@H]([NH2+]CC(=O)Nc1ccc(S(=O)(=O)N(C)C)cc1)c1ccccc1. The Morgan fingerprint density at radius 2 is 1.63 bits per heavy atom. The Labute approximate surface area is 161 Å². The lowest BCUT2D eigenvalue weighted by atomic mass is 9.96. The summed E-state index contributed by atoms with van der Waals surface area (Å²) in [6.45, 7) is 4.56. The highest BCUT2D eigenvalue weighted by molar-refractivity contribution is 7.89. The van der Waals surface area contributed by atoms with Crippen molar-refractivity contribution >= 4 is 21.6 Å². The monoisotopic (exact) mass is 390 g/mol. The summed E-state index contributed by atoms with van der Waals surface area (Å²) in [4.78, 5) is 12.5. The van der Waals surface area contributed by atoms with E-state index in [1.165, 1.54) is 31.8 Å². The summed E-state index contributed by atoms with van der Waals surface area (Å²) in [6, 6.07) is 16.5. The minimum absolute atomic E-state index is 0.125. The standard InChI is InChI=1S/C20H27N3O3S/c1-15(2)20(16-8-6-5-7-9-16)21-14-19(24)22-17-10-12-18(13-11-17)27(25,26)23(3)4/h5-13,15,20-21H,14H2,1-4H3,(H,22,24)/p+1/t20-/m0/s1. The summed E-state index contributed by atoms with van der Waals surface area (Å²) >= 11 is 0. The number of hydrogen-bond acceptors (Lipinski definition) is 3. The van der Waals surface area contributed by atoms with Gasteiger partial charge in [-0.25, -0.2) is 12.7 Å². The van der Waals surface area contributed by atoms with Gasteiger partial charge in [-0.3, -0.25) is 4.79 Å². The van der Waals surface area contributed by atoms with Gasteiger partial charge in [0.1, 0.15) is 6.04 Å². The van der Waals surface area contributed by atoms with Crippen molar-refractivity contribution < 1.29 is 18.5 Å². The van der Waals surface area contributed by atoms with Gasteiger partial charge in [-0.15, -0.1) is 0 Å². The average molecular weight is 391 g/mol. The molecule has 0 saturated carbocycles. The fourth-order valence-corrected chi connectivity index (χ4v) is 3.74. The fourth-order valence-electron chi connectivity index (χ4n) is 2.84. The summed E-state index contributed by atoms with van der Waals surface area (Å²) in [5.74, 6) is 0.260. The zero-order valence-corrected chi connectivity index (χ0v) is 17.0. The lowest BCUT2D eigenvalue weighted by Gasteiger charge is -2.19. The molecule has 146 valence electrons. The molecule has 27 heavy (non-hydrogen) atoms. The zero-order chi connectivity index (χ0) is 20.0. The van der Waals surface area contributed by atoms with E-state index in [1.54, 1.807) is 12.1 Å². The molecule has 0 unspecified atom stereocenters. The molecule has 2 aromatic rings. The first-order valence-electron chi connectivity index (χ1n) is 8.92. The Kier molecular flexibility index (Phi) is 7.12. The summed E-state index contributed by atoms with van der Waals surface area (Å²) in [5, 5.41) is 4.84. The highest BCUT2D eigenvalue weighted by Crippen LogP contribution is 2.18. The number of amides is 1. The third-order valence-electron chi connectivity index (χ3n) is 4.38. The van der Waals surface area contributed by atoms with E-state index < -0.39 is 10.0 Å². The highest BCUT2D eigenvalue weighted by Gasteiger charge is 2.20. The molecule has 0 aliphatic heterocycles. The smallest absolute Gasteiger partial charge is 0.279 e. The molecule has 7 heteroatoms. The highest BCUT2D eigenvalue weighted by atomic mass is 32.2. The third-order valence-corrected chi connectivity index (χ3v) is 6.21. The van der Waals surface area contributed by atoms with Crippen molar-refractivity contribution in [1.82, 2.24) is 4.31 Å². The maximum Gasteiger partial charge on any atom is 0.279 e. The van der Waals surface area contributed by atoms with Crippen LogP contribution in [0.3, 0.4) is 0 Å². The maximum atomic E-state index is 12.3. The molecule has 1 amide bonds. The second-order valence-electron chi connectivity index (χ2n) is 6.98. The molecule has 0 aliphatic rings. The molecule has 0 aromatic heterocycles. The average Bonchev–Trinajstić information content (AvgIpc) is 2.63. The van der Waals surface area contributed by atoms with Gasteiger partial charge >= 0.3 is 0 Å². The number of benzene rings is 2. The van der Waals surface area contributed by atoms with Crippen LogP contribution in [0.5, 0.6) is 0 Å². The Hall–Kier alpha value is -2.22. The maximum absolute atomic E-state index is 12.3. The van der Waals surface area contributed by atoms with Gasteiger partial charge in [0, 0.05) is 31.3 Å². The number of hydrogen-bond donors (Lipinski definition) is 2. The first-order valence-corrected chi connectivity index (χ1v) is 10.4. The number of nitrogens with two attached hydrogens (primary N) is 1. The van der Waals surface area contributed by atoms with Gasteiger partial charge in [-0.1, -0.05) is 44.2 Å². The molecular weight excluding hydrogens is 362 g/mol. The molecule has 2 rings (SSSR count). The molecule has 6 nitrogen and oxygen atoms in total. The van der Waals surface area contributed by atoms with Crippen LogP contribution >= 0.6 is 0 Å². The minimum Gasteiger partial charge on any atom is -0.332 e. The quantitative estimate of drug-likeness (QED) is 0.721. The van der Waals surface area contributed by atoms with Gasteiger partial charge in [0.25, 0.3) is 5.91 Å². The number of quaternary nitrogens is 1. The predicted octanol–water partition coefficient (Wildman–Crippen LogP) is 1.84. The van der Waals surface area contributed by atoms with E-state index in [0.29, 0.717) is 11.6 Å². The lowest BCUT2D eigenvalue weighted by molar-refractivity contribution is -0.692. The van der Waals surface area contributed by atoms with E-state index in [4.69, 9.17) is 0 Å². The van der Waals surface area contributed by atoms with Crippen molar-refractivity contribution in [3.63, 3.8) is 0 Å². The number of anilines is 1. The first kappa shape index (κ1) is 21.1. The molecule has 3 N–H and O–H groups in total. The summed E-state index contributed by atoms with van der Waals surface area (Å²) in [6.07, 6.45) is 0. The Morgan fingerprint density at radius 3 is 2.15 bits per heavy atom. The second-order valence-corrected chi connectivity index (χ2v) is 9.13. The van der Waals surface area contributed by atoms with Gasteiger partial charge in [0.15, 0.2) is 6.54 Å². The van der Waals surface area contributed by atoms with E-state index in [-0.39, 0.29) is 23.4 Å². The second kappa shape index (κ2) is 9.12. The third kappa shape index (κ3) is 5.63. The Balaban J connectivity index is 1.97. The number of sulfonamides is 1. The number of nitrogens with one attached hydrogen (secondary N) is 1. The summed E-state index contributed by atoms with van der Waals surface area (Å²) < 4.78 is 25.3. The number of carbonyl (C=O) groups is 1. The van der Waals surface area contributed by atoms with Crippen molar-refractivity contribution in [1.29, 1.82) is 0 Å².